The molecule has 3 rings (SSSR count). The van der Waals surface area contributed by atoms with Crippen molar-refractivity contribution in [3.05, 3.63) is 48.0 Å². The normalized spacial score (nSPS) is 29.2. The van der Waals surface area contributed by atoms with Crippen LogP contribution in [-0.4, -0.2) is 6.04 Å². The third-order valence-corrected chi connectivity index (χ3v) is 5.44. The summed E-state index contributed by atoms with van der Waals surface area (Å²) in [4.78, 5) is 0. The minimum absolute atomic E-state index is 0.520. The van der Waals surface area contributed by atoms with Gasteiger partial charge in [-0.15, -0.1) is 0 Å². The Morgan fingerprint density at radius 2 is 1.90 bits per heavy atom. The molecule has 1 fully saturated rings. The summed E-state index contributed by atoms with van der Waals surface area (Å²) in [6.45, 7) is 4.65. The van der Waals surface area contributed by atoms with E-state index in [2.05, 4.69) is 61.6 Å². The monoisotopic (exact) mass is 269 g/mol. The van der Waals surface area contributed by atoms with Gasteiger partial charge in [-0.05, 0) is 36.2 Å². The van der Waals surface area contributed by atoms with Crippen molar-refractivity contribution >= 4 is 0 Å². The second kappa shape index (κ2) is 6.13. The van der Waals surface area contributed by atoms with Crippen LogP contribution in [0.25, 0.3) is 0 Å². The number of hydrogen-bond donors (Lipinski definition) is 1. The molecule has 0 amide bonds. The van der Waals surface area contributed by atoms with Crippen LogP contribution in [0.5, 0.6) is 0 Å². The highest BCUT2D eigenvalue weighted by Crippen LogP contribution is 2.44. The molecule has 1 N–H and O–H groups in total. The molecule has 0 radical (unpaired) electrons. The van der Waals surface area contributed by atoms with Crippen molar-refractivity contribution in [3.63, 3.8) is 0 Å². The molecule has 4 unspecified atom stereocenters. The highest BCUT2D eigenvalue weighted by Gasteiger charge is 2.42. The molecule has 20 heavy (non-hydrogen) atoms. The van der Waals surface area contributed by atoms with Gasteiger partial charge >= 0.3 is 0 Å². The number of hydrogen-bond acceptors (Lipinski definition) is 1. The second-order valence-corrected chi connectivity index (χ2v) is 6.48. The van der Waals surface area contributed by atoms with E-state index in [0.29, 0.717) is 12.1 Å². The third-order valence-electron chi connectivity index (χ3n) is 5.44. The van der Waals surface area contributed by atoms with Crippen molar-refractivity contribution in [2.75, 3.05) is 0 Å². The smallest absolute Gasteiger partial charge is 0.0351 e. The number of fused-ring (bicyclic) bond motifs is 1. The summed E-state index contributed by atoms with van der Waals surface area (Å²) < 4.78 is 0. The van der Waals surface area contributed by atoms with E-state index in [1.54, 1.807) is 0 Å². The first-order valence-electron chi connectivity index (χ1n) is 8.31. The summed E-state index contributed by atoms with van der Waals surface area (Å²) in [7, 11) is 0. The Hall–Kier alpha value is -1.08. The molecule has 1 saturated carbocycles. The molecule has 0 heterocycles. The predicted molar refractivity (Wildman–Crippen MR) is 85.5 cm³/mol. The van der Waals surface area contributed by atoms with Crippen molar-refractivity contribution in [2.24, 2.45) is 17.8 Å². The van der Waals surface area contributed by atoms with Gasteiger partial charge in [0.2, 0.25) is 0 Å². The fourth-order valence-corrected chi connectivity index (χ4v) is 4.06. The fraction of sp³-hybridized carbons (Fsp3) is 0.579. The highest BCUT2D eigenvalue weighted by molar-refractivity contribution is 5.21. The maximum atomic E-state index is 3.99. The molecular formula is C19H27N. The van der Waals surface area contributed by atoms with Crippen LogP contribution in [0.15, 0.2) is 42.5 Å². The Balaban J connectivity index is 1.74. The van der Waals surface area contributed by atoms with Crippen molar-refractivity contribution in [1.29, 1.82) is 0 Å². The van der Waals surface area contributed by atoms with E-state index in [0.717, 1.165) is 17.8 Å². The van der Waals surface area contributed by atoms with Gasteiger partial charge in [-0.1, -0.05) is 69.2 Å². The minimum Gasteiger partial charge on any atom is -0.306 e. The van der Waals surface area contributed by atoms with Crippen LogP contribution in [0, 0.1) is 17.8 Å². The van der Waals surface area contributed by atoms with E-state index in [4.69, 9.17) is 0 Å². The lowest BCUT2D eigenvalue weighted by Crippen LogP contribution is -2.50. The van der Waals surface area contributed by atoms with Crippen LogP contribution in [0.3, 0.4) is 0 Å². The topological polar surface area (TPSA) is 12.0 Å². The average molecular weight is 269 g/mol. The largest absolute Gasteiger partial charge is 0.306 e. The van der Waals surface area contributed by atoms with E-state index in [9.17, 15) is 0 Å². The molecule has 2 aliphatic rings. The van der Waals surface area contributed by atoms with Gasteiger partial charge in [-0.3, -0.25) is 0 Å². The van der Waals surface area contributed by atoms with Crippen molar-refractivity contribution < 1.29 is 0 Å². The van der Waals surface area contributed by atoms with Gasteiger partial charge in [-0.2, -0.15) is 0 Å². The van der Waals surface area contributed by atoms with Crippen molar-refractivity contribution in [2.45, 2.75) is 51.6 Å². The molecule has 1 aromatic carbocycles. The minimum atomic E-state index is 0.520. The van der Waals surface area contributed by atoms with Gasteiger partial charge in [0, 0.05) is 12.1 Å². The Labute approximate surface area is 123 Å². The van der Waals surface area contributed by atoms with Crippen LogP contribution in [0.2, 0.25) is 0 Å². The first kappa shape index (κ1) is 13.9. The third kappa shape index (κ3) is 2.56. The zero-order chi connectivity index (χ0) is 13.9. The first-order valence-corrected chi connectivity index (χ1v) is 8.31. The molecule has 1 nitrogen and oxygen atoms in total. The molecule has 0 saturated heterocycles. The maximum Gasteiger partial charge on any atom is 0.0351 e. The van der Waals surface area contributed by atoms with Crippen LogP contribution in [0.1, 0.15) is 51.1 Å². The van der Waals surface area contributed by atoms with E-state index in [1.807, 2.05) is 0 Å². The van der Waals surface area contributed by atoms with Crippen LogP contribution < -0.4 is 5.32 Å². The lowest BCUT2D eigenvalue weighted by molar-refractivity contribution is 0.134. The van der Waals surface area contributed by atoms with E-state index < -0.39 is 0 Å². The summed E-state index contributed by atoms with van der Waals surface area (Å²) in [6.07, 6.45) is 10.00. The number of benzene rings is 1. The zero-order valence-electron chi connectivity index (χ0n) is 12.8. The number of nitrogens with one attached hydrogen (secondary N) is 1. The van der Waals surface area contributed by atoms with Crippen LogP contribution >= 0.6 is 0 Å². The van der Waals surface area contributed by atoms with Crippen molar-refractivity contribution in [3.8, 4) is 0 Å². The highest BCUT2D eigenvalue weighted by atomic mass is 15.0. The molecular weight excluding hydrogens is 242 g/mol. The van der Waals surface area contributed by atoms with E-state index in [-0.39, 0.29) is 0 Å². The van der Waals surface area contributed by atoms with Gasteiger partial charge in [-0.25, -0.2) is 0 Å². The Bertz CT molecular complexity index is 446. The van der Waals surface area contributed by atoms with Gasteiger partial charge in [0.15, 0.2) is 0 Å². The van der Waals surface area contributed by atoms with Crippen LogP contribution in [-0.2, 0) is 0 Å². The molecule has 0 spiro atoms. The van der Waals surface area contributed by atoms with E-state index >= 15 is 0 Å². The fourth-order valence-electron chi connectivity index (χ4n) is 4.06. The summed E-state index contributed by atoms with van der Waals surface area (Å²) in [5.74, 6) is 2.48. The summed E-state index contributed by atoms with van der Waals surface area (Å²) in [6, 6.07) is 12.3. The predicted octanol–water partition coefficient (Wildman–Crippen LogP) is 4.72. The molecule has 4 atom stereocenters. The number of rotatable bonds is 6. The average Bonchev–Trinajstić information content (AvgIpc) is 2.85. The molecule has 1 heteroatoms. The molecule has 108 valence electrons. The summed E-state index contributed by atoms with van der Waals surface area (Å²) in [5.41, 5.74) is 1.46. The Morgan fingerprint density at radius 3 is 2.55 bits per heavy atom. The van der Waals surface area contributed by atoms with Gasteiger partial charge in [0.1, 0.15) is 0 Å². The molecule has 0 bridgehead atoms. The second-order valence-electron chi connectivity index (χ2n) is 6.48. The SMILES string of the molecule is CCC(CC)C(NC1CC2CC=CC21)c1ccccc1. The molecule has 2 aliphatic carbocycles. The number of allylic oxidation sites excluding steroid dienone is 1. The maximum absolute atomic E-state index is 3.99. The van der Waals surface area contributed by atoms with Gasteiger partial charge in [0.05, 0.1) is 0 Å². The van der Waals surface area contributed by atoms with Gasteiger partial charge < -0.3 is 5.32 Å². The summed E-state index contributed by atoms with van der Waals surface area (Å²) >= 11 is 0. The van der Waals surface area contributed by atoms with E-state index in [1.165, 1.54) is 31.2 Å². The molecule has 0 aliphatic heterocycles. The first-order chi connectivity index (χ1) is 9.83. The molecule has 1 aromatic rings. The Kier molecular flexibility index (Phi) is 4.26. The zero-order valence-corrected chi connectivity index (χ0v) is 12.8. The standard InChI is InChI=1S/C19H27N/c1-3-14(4-2)19(15-9-6-5-7-10-15)20-18-13-16-11-8-12-17(16)18/h5-10,12,14,16-20H,3-4,11,13H2,1-2H3. The summed E-state index contributed by atoms with van der Waals surface area (Å²) in [5, 5.41) is 3.99. The van der Waals surface area contributed by atoms with Crippen LogP contribution in [0.4, 0.5) is 0 Å². The lowest BCUT2D eigenvalue weighted by atomic mass is 9.70. The quantitative estimate of drug-likeness (QED) is 0.737. The van der Waals surface area contributed by atoms with Crippen molar-refractivity contribution in [1.82, 2.24) is 5.32 Å². The lowest BCUT2D eigenvalue weighted by Gasteiger charge is -2.44. The molecule has 0 aromatic heterocycles. The van der Waals surface area contributed by atoms with Gasteiger partial charge in [0.25, 0.3) is 0 Å². The Morgan fingerprint density at radius 1 is 1.15 bits per heavy atom.